The van der Waals surface area contributed by atoms with Crippen molar-refractivity contribution in [3.63, 3.8) is 0 Å². The van der Waals surface area contributed by atoms with Crippen molar-refractivity contribution in [2.75, 3.05) is 7.11 Å². The Labute approximate surface area is 108 Å². The molecule has 0 fully saturated rings. The number of aryl methyl sites for hydroxylation is 2. The van der Waals surface area contributed by atoms with Gasteiger partial charge in [0.2, 0.25) is 0 Å². The van der Waals surface area contributed by atoms with Gasteiger partial charge in [0.05, 0.1) is 13.7 Å². The first-order chi connectivity index (χ1) is 8.65. The number of aliphatic hydroxyl groups is 1. The molecule has 94 valence electrons. The van der Waals surface area contributed by atoms with E-state index in [1.165, 1.54) is 16.7 Å². The summed E-state index contributed by atoms with van der Waals surface area (Å²) in [6.07, 6.45) is 0. The maximum atomic E-state index is 9.21. The molecule has 0 saturated heterocycles. The van der Waals surface area contributed by atoms with Crippen molar-refractivity contribution in [3.05, 3.63) is 53.1 Å². The minimum atomic E-state index is 0.0715. The zero-order valence-electron chi connectivity index (χ0n) is 11.0. The third kappa shape index (κ3) is 2.39. The summed E-state index contributed by atoms with van der Waals surface area (Å²) in [5, 5.41) is 9.21. The Morgan fingerprint density at radius 1 is 1.06 bits per heavy atom. The highest BCUT2D eigenvalue weighted by Gasteiger charge is 2.08. The van der Waals surface area contributed by atoms with Crippen molar-refractivity contribution in [3.8, 4) is 16.9 Å². The maximum Gasteiger partial charge on any atom is 0.119 e. The van der Waals surface area contributed by atoms with Crippen molar-refractivity contribution in [1.29, 1.82) is 0 Å². The van der Waals surface area contributed by atoms with Crippen LogP contribution in [0.2, 0.25) is 0 Å². The fourth-order valence-corrected chi connectivity index (χ4v) is 2.32. The lowest BCUT2D eigenvalue weighted by molar-refractivity contribution is 0.282. The molecule has 0 heterocycles. The molecule has 0 aliphatic rings. The predicted molar refractivity (Wildman–Crippen MR) is 73.8 cm³/mol. The van der Waals surface area contributed by atoms with Crippen molar-refractivity contribution >= 4 is 0 Å². The normalized spacial score (nSPS) is 10.4. The first kappa shape index (κ1) is 12.7. The standard InChI is InChI=1S/C16H18O2/c1-11-7-15(18-3)8-12(2)16(11)14-6-4-5-13(9-14)10-17/h4-9,17H,10H2,1-3H3. The molecule has 2 rings (SSSR count). The molecule has 0 aliphatic heterocycles. The Morgan fingerprint density at radius 3 is 2.28 bits per heavy atom. The highest BCUT2D eigenvalue weighted by molar-refractivity contribution is 5.72. The van der Waals surface area contributed by atoms with E-state index < -0.39 is 0 Å². The number of aliphatic hydroxyl groups excluding tert-OH is 1. The van der Waals surface area contributed by atoms with Crippen LogP contribution in [0.5, 0.6) is 5.75 Å². The summed E-state index contributed by atoms with van der Waals surface area (Å²) in [6, 6.07) is 12.1. The summed E-state index contributed by atoms with van der Waals surface area (Å²) >= 11 is 0. The van der Waals surface area contributed by atoms with E-state index in [1.807, 2.05) is 30.3 Å². The van der Waals surface area contributed by atoms with Crippen LogP contribution in [0.4, 0.5) is 0 Å². The highest BCUT2D eigenvalue weighted by atomic mass is 16.5. The molecular formula is C16H18O2. The number of benzene rings is 2. The Balaban J connectivity index is 2.56. The molecule has 2 heteroatoms. The third-order valence-corrected chi connectivity index (χ3v) is 3.14. The lowest BCUT2D eigenvalue weighted by atomic mass is 9.94. The van der Waals surface area contributed by atoms with Crippen molar-refractivity contribution in [2.45, 2.75) is 20.5 Å². The largest absolute Gasteiger partial charge is 0.497 e. The van der Waals surface area contributed by atoms with Crippen LogP contribution in [0.1, 0.15) is 16.7 Å². The van der Waals surface area contributed by atoms with Crippen LogP contribution in [0, 0.1) is 13.8 Å². The molecule has 18 heavy (non-hydrogen) atoms. The summed E-state index contributed by atoms with van der Waals surface area (Å²) in [4.78, 5) is 0. The van der Waals surface area contributed by atoms with Gasteiger partial charge >= 0.3 is 0 Å². The van der Waals surface area contributed by atoms with Gasteiger partial charge in [-0.25, -0.2) is 0 Å². The van der Waals surface area contributed by atoms with Crippen molar-refractivity contribution in [2.24, 2.45) is 0 Å². The van der Waals surface area contributed by atoms with Crippen LogP contribution in [-0.4, -0.2) is 12.2 Å². The molecule has 0 amide bonds. The fraction of sp³-hybridized carbons (Fsp3) is 0.250. The van der Waals surface area contributed by atoms with E-state index in [2.05, 4.69) is 19.9 Å². The quantitative estimate of drug-likeness (QED) is 0.893. The van der Waals surface area contributed by atoms with Gasteiger partial charge in [0.15, 0.2) is 0 Å². The minimum Gasteiger partial charge on any atom is -0.497 e. The van der Waals surface area contributed by atoms with E-state index in [0.29, 0.717) is 0 Å². The van der Waals surface area contributed by atoms with Crippen LogP contribution in [-0.2, 0) is 6.61 Å². The molecule has 0 radical (unpaired) electrons. The number of hydrogen-bond donors (Lipinski definition) is 1. The molecule has 0 aliphatic carbocycles. The van der Waals surface area contributed by atoms with Crippen LogP contribution in [0.15, 0.2) is 36.4 Å². The monoisotopic (exact) mass is 242 g/mol. The number of methoxy groups -OCH3 is 1. The highest BCUT2D eigenvalue weighted by Crippen LogP contribution is 2.31. The number of hydrogen-bond acceptors (Lipinski definition) is 2. The van der Waals surface area contributed by atoms with Gasteiger partial charge in [-0.1, -0.05) is 18.2 Å². The molecular weight excluding hydrogens is 224 g/mol. The second-order valence-corrected chi connectivity index (χ2v) is 4.49. The van der Waals surface area contributed by atoms with E-state index >= 15 is 0 Å². The van der Waals surface area contributed by atoms with E-state index in [-0.39, 0.29) is 6.61 Å². The van der Waals surface area contributed by atoms with Gasteiger partial charge < -0.3 is 9.84 Å². The molecule has 0 spiro atoms. The smallest absolute Gasteiger partial charge is 0.119 e. The Bertz CT molecular complexity index is 536. The third-order valence-electron chi connectivity index (χ3n) is 3.14. The van der Waals surface area contributed by atoms with Gasteiger partial charge in [-0.15, -0.1) is 0 Å². The van der Waals surface area contributed by atoms with Gasteiger partial charge in [0.25, 0.3) is 0 Å². The molecule has 1 N–H and O–H groups in total. The SMILES string of the molecule is COc1cc(C)c(-c2cccc(CO)c2)c(C)c1. The predicted octanol–water partition coefficient (Wildman–Crippen LogP) is 3.47. The molecule has 0 atom stereocenters. The molecule has 2 aromatic rings. The molecule has 2 aromatic carbocycles. The van der Waals surface area contributed by atoms with E-state index in [1.54, 1.807) is 7.11 Å². The second kappa shape index (κ2) is 5.23. The van der Waals surface area contributed by atoms with Crippen LogP contribution >= 0.6 is 0 Å². The maximum absolute atomic E-state index is 9.21. The van der Waals surface area contributed by atoms with Gasteiger partial charge in [-0.2, -0.15) is 0 Å². The minimum absolute atomic E-state index is 0.0715. The average Bonchev–Trinajstić information content (AvgIpc) is 2.38. The summed E-state index contributed by atoms with van der Waals surface area (Å²) in [5.41, 5.74) is 5.65. The lowest BCUT2D eigenvalue weighted by Crippen LogP contribution is -1.92. The number of ether oxygens (including phenoxy) is 1. The van der Waals surface area contributed by atoms with E-state index in [4.69, 9.17) is 4.74 Å². The summed E-state index contributed by atoms with van der Waals surface area (Å²) in [5.74, 6) is 0.882. The molecule has 2 nitrogen and oxygen atoms in total. The van der Waals surface area contributed by atoms with E-state index in [9.17, 15) is 5.11 Å². The van der Waals surface area contributed by atoms with Crippen LogP contribution in [0.25, 0.3) is 11.1 Å². The molecule has 0 saturated carbocycles. The van der Waals surface area contributed by atoms with Gasteiger partial charge in [0, 0.05) is 0 Å². The van der Waals surface area contributed by atoms with Crippen molar-refractivity contribution in [1.82, 2.24) is 0 Å². The Morgan fingerprint density at radius 2 is 1.72 bits per heavy atom. The molecule has 0 unspecified atom stereocenters. The van der Waals surface area contributed by atoms with Gasteiger partial charge in [-0.3, -0.25) is 0 Å². The molecule has 0 aromatic heterocycles. The second-order valence-electron chi connectivity index (χ2n) is 4.49. The topological polar surface area (TPSA) is 29.5 Å². The van der Waals surface area contributed by atoms with Crippen LogP contribution in [0.3, 0.4) is 0 Å². The first-order valence-corrected chi connectivity index (χ1v) is 6.01. The van der Waals surface area contributed by atoms with Gasteiger partial charge in [-0.05, 0) is 59.9 Å². The van der Waals surface area contributed by atoms with Crippen molar-refractivity contribution < 1.29 is 9.84 Å². The Kier molecular flexibility index (Phi) is 3.68. The summed E-state index contributed by atoms with van der Waals surface area (Å²) < 4.78 is 5.27. The summed E-state index contributed by atoms with van der Waals surface area (Å²) in [7, 11) is 1.68. The molecule has 0 bridgehead atoms. The first-order valence-electron chi connectivity index (χ1n) is 6.01. The fourth-order valence-electron chi connectivity index (χ4n) is 2.32. The zero-order valence-corrected chi connectivity index (χ0v) is 11.0. The number of rotatable bonds is 3. The van der Waals surface area contributed by atoms with Crippen LogP contribution < -0.4 is 4.74 Å². The summed E-state index contributed by atoms with van der Waals surface area (Å²) in [6.45, 7) is 4.23. The lowest BCUT2D eigenvalue weighted by Gasteiger charge is -2.13. The van der Waals surface area contributed by atoms with E-state index in [0.717, 1.165) is 16.9 Å². The Hall–Kier alpha value is -1.80. The zero-order chi connectivity index (χ0) is 13.1. The average molecular weight is 242 g/mol. The van der Waals surface area contributed by atoms with Gasteiger partial charge in [0.1, 0.15) is 5.75 Å².